The normalized spacial score (nSPS) is 15.7. The van der Waals surface area contributed by atoms with E-state index in [1.807, 2.05) is 12.1 Å². The summed E-state index contributed by atoms with van der Waals surface area (Å²) in [7, 11) is 3.44. The number of rotatable bonds is 3. The quantitative estimate of drug-likeness (QED) is 0.659. The minimum atomic E-state index is -0.380. The van der Waals surface area contributed by atoms with Gasteiger partial charge >= 0.3 is 5.97 Å². The lowest BCUT2D eigenvalue weighted by Crippen LogP contribution is -2.29. The molecular formula is C14H20N2O2. The van der Waals surface area contributed by atoms with Crippen LogP contribution in [0, 0.1) is 0 Å². The summed E-state index contributed by atoms with van der Waals surface area (Å²) in [5.74, 6) is -0.380. The number of benzene rings is 1. The molecule has 0 saturated heterocycles. The first-order valence-electron chi connectivity index (χ1n) is 6.34. The van der Waals surface area contributed by atoms with Crippen LogP contribution in [-0.4, -0.2) is 26.2 Å². The SMILES string of the molecule is COC(=O)c1cc(N(C)C2CCCC2)ccc1N. The highest BCUT2D eigenvalue weighted by Gasteiger charge is 2.21. The lowest BCUT2D eigenvalue weighted by Gasteiger charge is -2.27. The van der Waals surface area contributed by atoms with E-state index in [4.69, 9.17) is 10.5 Å². The molecule has 1 aliphatic rings. The van der Waals surface area contributed by atoms with E-state index in [0.717, 1.165) is 5.69 Å². The van der Waals surface area contributed by atoms with Gasteiger partial charge in [-0.25, -0.2) is 4.79 Å². The summed E-state index contributed by atoms with van der Waals surface area (Å²) in [5, 5.41) is 0. The molecule has 0 aliphatic heterocycles. The van der Waals surface area contributed by atoms with E-state index in [9.17, 15) is 4.79 Å². The number of esters is 1. The molecule has 1 aromatic rings. The molecule has 0 amide bonds. The molecule has 0 aromatic heterocycles. The Morgan fingerprint density at radius 1 is 1.39 bits per heavy atom. The molecule has 18 heavy (non-hydrogen) atoms. The zero-order valence-electron chi connectivity index (χ0n) is 11.0. The van der Waals surface area contributed by atoms with Crippen molar-refractivity contribution in [2.75, 3.05) is 24.8 Å². The van der Waals surface area contributed by atoms with Crippen LogP contribution in [0.25, 0.3) is 0 Å². The summed E-state index contributed by atoms with van der Waals surface area (Å²) in [6.07, 6.45) is 5.00. The molecule has 1 fully saturated rings. The van der Waals surface area contributed by atoms with Gasteiger partial charge in [0, 0.05) is 24.5 Å². The van der Waals surface area contributed by atoms with Crippen LogP contribution in [0.1, 0.15) is 36.0 Å². The van der Waals surface area contributed by atoms with Crippen molar-refractivity contribution in [2.45, 2.75) is 31.7 Å². The maximum atomic E-state index is 11.6. The lowest BCUT2D eigenvalue weighted by atomic mass is 10.1. The van der Waals surface area contributed by atoms with Crippen molar-refractivity contribution in [1.82, 2.24) is 0 Å². The highest BCUT2D eigenvalue weighted by atomic mass is 16.5. The zero-order valence-corrected chi connectivity index (χ0v) is 11.0. The average Bonchev–Trinajstić information content (AvgIpc) is 2.91. The molecule has 4 heteroatoms. The second-order valence-electron chi connectivity index (χ2n) is 4.81. The van der Waals surface area contributed by atoms with Crippen molar-refractivity contribution >= 4 is 17.3 Å². The first-order chi connectivity index (χ1) is 8.63. The smallest absolute Gasteiger partial charge is 0.340 e. The molecule has 0 atom stereocenters. The van der Waals surface area contributed by atoms with Gasteiger partial charge in [0.15, 0.2) is 0 Å². The van der Waals surface area contributed by atoms with E-state index in [-0.39, 0.29) is 5.97 Å². The number of hydrogen-bond donors (Lipinski definition) is 1. The van der Waals surface area contributed by atoms with Gasteiger partial charge < -0.3 is 15.4 Å². The number of carbonyl (C=O) groups excluding carboxylic acids is 1. The van der Waals surface area contributed by atoms with E-state index in [0.29, 0.717) is 17.3 Å². The van der Waals surface area contributed by atoms with Gasteiger partial charge in [0.1, 0.15) is 0 Å². The molecule has 1 saturated carbocycles. The fourth-order valence-electron chi connectivity index (χ4n) is 2.55. The van der Waals surface area contributed by atoms with Gasteiger partial charge in [0.25, 0.3) is 0 Å². The molecule has 2 N–H and O–H groups in total. The Morgan fingerprint density at radius 2 is 2.06 bits per heavy atom. The topological polar surface area (TPSA) is 55.6 Å². The third-order valence-electron chi connectivity index (χ3n) is 3.72. The summed E-state index contributed by atoms with van der Waals surface area (Å²) in [4.78, 5) is 13.8. The van der Waals surface area contributed by atoms with E-state index < -0.39 is 0 Å². The van der Waals surface area contributed by atoms with Gasteiger partial charge in [-0.1, -0.05) is 12.8 Å². The molecule has 0 heterocycles. The van der Waals surface area contributed by atoms with Crippen LogP contribution < -0.4 is 10.6 Å². The summed E-state index contributed by atoms with van der Waals surface area (Å²) in [6.45, 7) is 0. The first kappa shape index (κ1) is 12.7. The van der Waals surface area contributed by atoms with Gasteiger partial charge in [0.05, 0.1) is 12.7 Å². The van der Waals surface area contributed by atoms with Crippen LogP contribution in [0.4, 0.5) is 11.4 Å². The van der Waals surface area contributed by atoms with Crippen molar-refractivity contribution in [3.05, 3.63) is 23.8 Å². The Balaban J connectivity index is 2.25. The van der Waals surface area contributed by atoms with Crippen LogP contribution >= 0.6 is 0 Å². The number of nitrogens with zero attached hydrogens (tertiary/aromatic N) is 1. The number of hydrogen-bond acceptors (Lipinski definition) is 4. The van der Waals surface area contributed by atoms with Gasteiger partial charge in [-0.05, 0) is 31.0 Å². The summed E-state index contributed by atoms with van der Waals surface area (Å²) >= 11 is 0. The Labute approximate surface area is 108 Å². The van der Waals surface area contributed by atoms with Crippen molar-refractivity contribution in [2.24, 2.45) is 0 Å². The molecule has 98 valence electrons. The van der Waals surface area contributed by atoms with Gasteiger partial charge in [0.2, 0.25) is 0 Å². The Morgan fingerprint density at radius 3 is 2.67 bits per heavy atom. The van der Waals surface area contributed by atoms with Crippen LogP contribution in [0.2, 0.25) is 0 Å². The summed E-state index contributed by atoms with van der Waals surface area (Å²) < 4.78 is 4.74. The maximum absolute atomic E-state index is 11.6. The molecule has 4 nitrogen and oxygen atoms in total. The summed E-state index contributed by atoms with van der Waals surface area (Å²) in [6, 6.07) is 6.12. The maximum Gasteiger partial charge on any atom is 0.340 e. The van der Waals surface area contributed by atoms with Crippen molar-refractivity contribution in [1.29, 1.82) is 0 Å². The van der Waals surface area contributed by atoms with Crippen molar-refractivity contribution in [3.8, 4) is 0 Å². The fourth-order valence-corrected chi connectivity index (χ4v) is 2.55. The third kappa shape index (κ3) is 2.42. The second-order valence-corrected chi connectivity index (χ2v) is 4.81. The number of ether oxygens (including phenoxy) is 1. The van der Waals surface area contributed by atoms with Gasteiger partial charge in [-0.2, -0.15) is 0 Å². The van der Waals surface area contributed by atoms with Gasteiger partial charge in [-0.3, -0.25) is 0 Å². The van der Waals surface area contributed by atoms with Crippen LogP contribution in [0.3, 0.4) is 0 Å². The molecule has 0 spiro atoms. The monoisotopic (exact) mass is 248 g/mol. The molecule has 0 radical (unpaired) electrons. The van der Waals surface area contributed by atoms with Gasteiger partial charge in [-0.15, -0.1) is 0 Å². The van der Waals surface area contributed by atoms with Crippen LogP contribution in [0.15, 0.2) is 18.2 Å². The predicted octanol–water partition coefficient (Wildman–Crippen LogP) is 2.43. The molecule has 1 aromatic carbocycles. The highest BCUT2D eigenvalue weighted by molar-refractivity contribution is 5.96. The summed E-state index contributed by atoms with van der Waals surface area (Å²) in [5.41, 5.74) is 7.73. The lowest BCUT2D eigenvalue weighted by molar-refractivity contribution is 0.0602. The van der Waals surface area contributed by atoms with Crippen LogP contribution in [0.5, 0.6) is 0 Å². The number of nitrogens with two attached hydrogens (primary N) is 1. The second kappa shape index (κ2) is 5.29. The molecular weight excluding hydrogens is 228 g/mol. The van der Waals surface area contributed by atoms with Crippen molar-refractivity contribution < 1.29 is 9.53 Å². The number of carbonyl (C=O) groups is 1. The molecule has 1 aliphatic carbocycles. The van der Waals surface area contributed by atoms with E-state index in [1.54, 1.807) is 6.07 Å². The van der Waals surface area contributed by atoms with Crippen LogP contribution in [-0.2, 0) is 4.74 Å². The predicted molar refractivity (Wildman–Crippen MR) is 72.9 cm³/mol. The average molecular weight is 248 g/mol. The molecule has 0 unspecified atom stereocenters. The number of nitrogen functional groups attached to an aromatic ring is 1. The van der Waals surface area contributed by atoms with E-state index in [2.05, 4.69) is 11.9 Å². The zero-order chi connectivity index (χ0) is 13.1. The van der Waals surface area contributed by atoms with E-state index >= 15 is 0 Å². The first-order valence-corrected chi connectivity index (χ1v) is 6.34. The van der Waals surface area contributed by atoms with E-state index in [1.165, 1.54) is 32.8 Å². The number of methoxy groups -OCH3 is 1. The fraction of sp³-hybridized carbons (Fsp3) is 0.500. The third-order valence-corrected chi connectivity index (χ3v) is 3.72. The Kier molecular flexibility index (Phi) is 3.75. The molecule has 0 bridgehead atoms. The standard InChI is InChI=1S/C14H20N2O2/c1-16(10-5-3-4-6-10)11-7-8-13(15)12(9-11)14(17)18-2/h7-10H,3-6,15H2,1-2H3. The highest BCUT2D eigenvalue weighted by Crippen LogP contribution is 2.29. The number of anilines is 2. The largest absolute Gasteiger partial charge is 0.465 e. The molecule has 2 rings (SSSR count). The Hall–Kier alpha value is -1.71. The minimum absolute atomic E-state index is 0.380. The van der Waals surface area contributed by atoms with Crippen molar-refractivity contribution in [3.63, 3.8) is 0 Å². The minimum Gasteiger partial charge on any atom is -0.465 e. The Bertz CT molecular complexity index is 439.